The highest BCUT2D eigenvalue weighted by Crippen LogP contribution is 2.39. The third-order valence-corrected chi connectivity index (χ3v) is 7.01. The molecule has 0 aromatic carbocycles. The number of hydrogen-bond donors (Lipinski definition) is 3. The molecule has 2 rings (SSSR count). The van der Waals surface area contributed by atoms with Gasteiger partial charge in [-0.1, -0.05) is 12.8 Å². The maximum absolute atomic E-state index is 13.6. The highest BCUT2D eigenvalue weighted by Gasteiger charge is 2.52. The Bertz CT molecular complexity index is 735. The Morgan fingerprint density at radius 2 is 1.64 bits per heavy atom. The number of hydrogen-bond acceptors (Lipinski definition) is 5. The molecule has 2 aliphatic rings. The number of unbranched alkanes of at least 4 members (excludes halogenated alkanes) is 1. The molecule has 2 aliphatic heterocycles. The van der Waals surface area contributed by atoms with E-state index in [-0.39, 0.29) is 31.4 Å². The van der Waals surface area contributed by atoms with Crippen molar-refractivity contribution in [3.8, 4) is 0 Å². The van der Waals surface area contributed by atoms with Crippen molar-refractivity contribution in [3.05, 3.63) is 0 Å². The van der Waals surface area contributed by atoms with Crippen molar-refractivity contribution in [2.45, 2.75) is 110 Å². The molecule has 9 nitrogen and oxygen atoms in total. The second-order valence-corrected chi connectivity index (χ2v) is 11.5. The standard InChI is InChI=1S/C23H42BN3O6/c1-16(28)25-23(18(29)26-20(2,3)4,17-11-14-27(15-17)19(30)31)12-9-10-13-24-32-21(5,6)22(7,8)33-24/h17H,9-15H2,1-8H3,(H,25,28)(H,26,29)(H,30,31)/t17-,23?/m1/s1. The molecular formula is C23H42BN3O6. The van der Waals surface area contributed by atoms with Crippen molar-refractivity contribution in [2.24, 2.45) is 5.92 Å². The predicted octanol–water partition coefficient (Wildman–Crippen LogP) is 3.04. The van der Waals surface area contributed by atoms with E-state index in [2.05, 4.69) is 10.6 Å². The fourth-order valence-corrected chi connectivity index (χ4v) is 4.62. The van der Waals surface area contributed by atoms with Crippen LogP contribution in [0.4, 0.5) is 4.79 Å². The number of nitrogens with zero attached hydrogens (tertiary/aromatic N) is 1. The smallest absolute Gasteiger partial charge is 0.457 e. The summed E-state index contributed by atoms with van der Waals surface area (Å²) in [5, 5.41) is 15.4. The summed E-state index contributed by atoms with van der Waals surface area (Å²) in [6.45, 7) is 15.7. The Kier molecular flexibility index (Phi) is 8.17. The molecule has 10 heteroatoms. The van der Waals surface area contributed by atoms with Crippen molar-refractivity contribution < 1.29 is 28.8 Å². The van der Waals surface area contributed by atoms with Crippen LogP contribution in [0, 0.1) is 5.92 Å². The fourth-order valence-electron chi connectivity index (χ4n) is 4.62. The molecule has 0 aromatic rings. The van der Waals surface area contributed by atoms with Crippen LogP contribution in [0.15, 0.2) is 0 Å². The maximum atomic E-state index is 13.6. The second-order valence-electron chi connectivity index (χ2n) is 11.5. The Hall–Kier alpha value is -1.81. The Balaban J connectivity index is 2.16. The quantitative estimate of drug-likeness (QED) is 0.373. The van der Waals surface area contributed by atoms with E-state index in [0.29, 0.717) is 32.1 Å². The van der Waals surface area contributed by atoms with Crippen LogP contribution < -0.4 is 10.6 Å². The molecule has 2 heterocycles. The normalized spacial score (nSPS) is 23.8. The van der Waals surface area contributed by atoms with Gasteiger partial charge in [0.25, 0.3) is 0 Å². The molecule has 2 atom stereocenters. The molecular weight excluding hydrogens is 425 g/mol. The van der Waals surface area contributed by atoms with Crippen molar-refractivity contribution in [2.75, 3.05) is 13.1 Å². The van der Waals surface area contributed by atoms with Gasteiger partial charge in [0.15, 0.2) is 0 Å². The maximum Gasteiger partial charge on any atom is 0.457 e. The van der Waals surface area contributed by atoms with E-state index < -0.39 is 28.4 Å². The zero-order valence-electron chi connectivity index (χ0n) is 21.5. The number of carbonyl (C=O) groups excluding carboxylic acids is 2. The molecule has 2 saturated heterocycles. The summed E-state index contributed by atoms with van der Waals surface area (Å²) >= 11 is 0. The van der Waals surface area contributed by atoms with Gasteiger partial charge in [0.2, 0.25) is 11.8 Å². The van der Waals surface area contributed by atoms with Crippen LogP contribution in [0.3, 0.4) is 0 Å². The Labute approximate surface area is 198 Å². The molecule has 3 N–H and O–H groups in total. The summed E-state index contributed by atoms with van der Waals surface area (Å²) in [6.07, 6.45) is 2.00. The second kappa shape index (κ2) is 9.82. The van der Waals surface area contributed by atoms with Gasteiger partial charge in [-0.05, 0) is 67.6 Å². The zero-order valence-corrected chi connectivity index (χ0v) is 21.5. The first-order valence-corrected chi connectivity index (χ1v) is 11.9. The average Bonchev–Trinajstić information content (AvgIpc) is 3.19. The zero-order chi connectivity index (χ0) is 25.2. The lowest BCUT2D eigenvalue weighted by molar-refractivity contribution is -0.137. The van der Waals surface area contributed by atoms with E-state index in [9.17, 15) is 19.5 Å². The van der Waals surface area contributed by atoms with E-state index in [1.165, 1.54) is 11.8 Å². The van der Waals surface area contributed by atoms with Crippen molar-refractivity contribution >= 4 is 25.0 Å². The number of carboxylic acid groups (broad SMARTS) is 1. The van der Waals surface area contributed by atoms with Gasteiger partial charge in [-0.15, -0.1) is 0 Å². The summed E-state index contributed by atoms with van der Waals surface area (Å²) in [5.41, 5.74) is -2.46. The minimum absolute atomic E-state index is 0.213. The van der Waals surface area contributed by atoms with Gasteiger partial charge in [-0.3, -0.25) is 9.59 Å². The molecule has 0 spiro atoms. The number of carbonyl (C=O) groups is 3. The summed E-state index contributed by atoms with van der Waals surface area (Å²) < 4.78 is 12.1. The van der Waals surface area contributed by atoms with Crippen LogP contribution in [0.25, 0.3) is 0 Å². The lowest BCUT2D eigenvalue weighted by Crippen LogP contribution is -2.65. The van der Waals surface area contributed by atoms with Gasteiger partial charge < -0.3 is 29.9 Å². The van der Waals surface area contributed by atoms with Gasteiger partial charge in [0.1, 0.15) is 5.54 Å². The Morgan fingerprint density at radius 1 is 1.06 bits per heavy atom. The predicted molar refractivity (Wildman–Crippen MR) is 127 cm³/mol. The SMILES string of the molecule is CC(=O)NC(CCCCB1OC(C)(C)C(C)(C)O1)(C(=O)NC(C)(C)C)[C@@H]1CCN(C(=O)O)C1. The molecule has 0 saturated carbocycles. The number of amides is 3. The van der Waals surface area contributed by atoms with Crippen molar-refractivity contribution in [1.29, 1.82) is 0 Å². The molecule has 188 valence electrons. The van der Waals surface area contributed by atoms with E-state index in [0.717, 1.165) is 6.42 Å². The number of nitrogens with one attached hydrogen (secondary N) is 2. The first-order valence-electron chi connectivity index (χ1n) is 11.9. The molecule has 1 unspecified atom stereocenters. The third kappa shape index (κ3) is 6.62. The Morgan fingerprint density at radius 3 is 2.09 bits per heavy atom. The number of rotatable bonds is 8. The van der Waals surface area contributed by atoms with Gasteiger partial charge in [0, 0.05) is 31.5 Å². The molecule has 0 aromatic heterocycles. The fraction of sp³-hybridized carbons (Fsp3) is 0.870. The van der Waals surface area contributed by atoms with Gasteiger partial charge in [0.05, 0.1) is 11.2 Å². The van der Waals surface area contributed by atoms with E-state index in [1.807, 2.05) is 48.5 Å². The topological polar surface area (TPSA) is 117 Å². The van der Waals surface area contributed by atoms with E-state index in [1.54, 1.807) is 0 Å². The number of likely N-dealkylation sites (tertiary alicyclic amines) is 1. The van der Waals surface area contributed by atoms with Crippen molar-refractivity contribution in [1.82, 2.24) is 15.5 Å². The van der Waals surface area contributed by atoms with Crippen LogP contribution in [0.5, 0.6) is 0 Å². The molecule has 3 amide bonds. The van der Waals surface area contributed by atoms with Crippen LogP contribution in [-0.2, 0) is 18.9 Å². The molecule has 0 aliphatic carbocycles. The van der Waals surface area contributed by atoms with Crippen LogP contribution >= 0.6 is 0 Å². The first kappa shape index (κ1) is 27.4. The van der Waals surface area contributed by atoms with Crippen LogP contribution in [0.2, 0.25) is 6.32 Å². The van der Waals surface area contributed by atoms with Crippen LogP contribution in [-0.4, -0.2) is 70.4 Å². The van der Waals surface area contributed by atoms with E-state index >= 15 is 0 Å². The van der Waals surface area contributed by atoms with E-state index in [4.69, 9.17) is 9.31 Å². The lowest BCUT2D eigenvalue weighted by Gasteiger charge is -2.40. The highest BCUT2D eigenvalue weighted by atomic mass is 16.7. The van der Waals surface area contributed by atoms with Crippen molar-refractivity contribution in [3.63, 3.8) is 0 Å². The highest BCUT2D eigenvalue weighted by molar-refractivity contribution is 6.45. The molecule has 33 heavy (non-hydrogen) atoms. The summed E-state index contributed by atoms with van der Waals surface area (Å²) in [5.74, 6) is -0.881. The third-order valence-electron chi connectivity index (χ3n) is 7.01. The van der Waals surface area contributed by atoms with Gasteiger partial charge in [-0.2, -0.15) is 0 Å². The summed E-state index contributed by atoms with van der Waals surface area (Å²) in [6, 6.07) is 0. The average molecular weight is 467 g/mol. The largest absolute Gasteiger partial charge is 0.465 e. The summed E-state index contributed by atoms with van der Waals surface area (Å²) in [7, 11) is -0.317. The van der Waals surface area contributed by atoms with Gasteiger partial charge >= 0.3 is 13.2 Å². The minimum atomic E-state index is -1.18. The minimum Gasteiger partial charge on any atom is -0.465 e. The van der Waals surface area contributed by atoms with Gasteiger partial charge in [-0.25, -0.2) is 4.79 Å². The molecule has 2 fully saturated rings. The summed E-state index contributed by atoms with van der Waals surface area (Å²) in [4.78, 5) is 38.6. The molecule has 0 radical (unpaired) electrons. The monoisotopic (exact) mass is 467 g/mol. The van der Waals surface area contributed by atoms with Crippen LogP contribution in [0.1, 0.15) is 81.1 Å². The first-order chi connectivity index (χ1) is 15.0. The lowest BCUT2D eigenvalue weighted by atomic mass is 9.75. The molecule has 0 bridgehead atoms.